The molecular formula is C11H15F2NO. The first-order chi connectivity index (χ1) is 7.09. The van der Waals surface area contributed by atoms with Gasteiger partial charge in [0.05, 0.1) is 0 Å². The van der Waals surface area contributed by atoms with Crippen molar-refractivity contribution in [3.05, 3.63) is 12.2 Å². The van der Waals surface area contributed by atoms with Crippen molar-refractivity contribution in [3.63, 3.8) is 0 Å². The summed E-state index contributed by atoms with van der Waals surface area (Å²) >= 11 is 0. The van der Waals surface area contributed by atoms with Gasteiger partial charge in [-0.15, -0.1) is 0 Å². The van der Waals surface area contributed by atoms with E-state index in [0.29, 0.717) is 6.42 Å². The molecule has 84 valence electrons. The maximum absolute atomic E-state index is 12.5. The van der Waals surface area contributed by atoms with Crippen LogP contribution in [0.5, 0.6) is 0 Å². The Hall–Kier alpha value is -0.930. The Morgan fingerprint density at radius 2 is 2.00 bits per heavy atom. The van der Waals surface area contributed by atoms with Crippen molar-refractivity contribution in [2.75, 3.05) is 13.1 Å². The Labute approximate surface area is 87.9 Å². The number of halogens is 2. The quantitative estimate of drug-likeness (QED) is 0.661. The van der Waals surface area contributed by atoms with Crippen LogP contribution in [0.2, 0.25) is 0 Å². The summed E-state index contributed by atoms with van der Waals surface area (Å²) in [5, 5.41) is 0. The lowest BCUT2D eigenvalue weighted by molar-refractivity contribution is -0.125. The number of carbonyl (C=O) groups is 1. The molecule has 15 heavy (non-hydrogen) atoms. The predicted molar refractivity (Wildman–Crippen MR) is 52.6 cm³/mol. The maximum Gasteiger partial charge on any atom is 0.251 e. The van der Waals surface area contributed by atoms with E-state index in [1.807, 2.05) is 0 Å². The summed E-state index contributed by atoms with van der Waals surface area (Å²) in [7, 11) is 0. The molecule has 2 aliphatic rings. The molecule has 0 radical (unpaired) electrons. The molecule has 0 bridgehead atoms. The molecule has 2 nitrogen and oxygen atoms in total. The number of likely N-dealkylation sites (tertiary alicyclic amines) is 1. The summed E-state index contributed by atoms with van der Waals surface area (Å²) in [5.41, 5.74) is 0. The maximum atomic E-state index is 12.5. The second kappa shape index (κ2) is 3.91. The van der Waals surface area contributed by atoms with E-state index in [1.165, 1.54) is 6.08 Å². The van der Waals surface area contributed by atoms with Gasteiger partial charge >= 0.3 is 0 Å². The van der Waals surface area contributed by atoms with Gasteiger partial charge in [0.15, 0.2) is 0 Å². The third kappa shape index (κ3) is 2.55. The van der Waals surface area contributed by atoms with Gasteiger partial charge in [-0.1, -0.05) is 6.08 Å². The Balaban J connectivity index is 1.72. The van der Waals surface area contributed by atoms with E-state index in [0.717, 1.165) is 25.9 Å². The van der Waals surface area contributed by atoms with Crippen LogP contribution in [0.4, 0.5) is 8.78 Å². The number of alkyl halides is 2. The predicted octanol–water partition coefficient (Wildman–Crippen LogP) is 2.21. The summed E-state index contributed by atoms with van der Waals surface area (Å²) in [6.45, 7) is 1.62. The van der Waals surface area contributed by atoms with Gasteiger partial charge in [-0.3, -0.25) is 4.79 Å². The molecule has 0 spiro atoms. The van der Waals surface area contributed by atoms with Crippen LogP contribution in [0.3, 0.4) is 0 Å². The third-order valence-electron chi connectivity index (χ3n) is 3.05. The van der Waals surface area contributed by atoms with Gasteiger partial charge in [0, 0.05) is 25.4 Å². The van der Waals surface area contributed by atoms with Gasteiger partial charge in [0.2, 0.25) is 5.91 Å². The van der Waals surface area contributed by atoms with Crippen LogP contribution >= 0.6 is 0 Å². The summed E-state index contributed by atoms with van der Waals surface area (Å²) < 4.78 is 25.0. The second-order valence-electron chi connectivity index (χ2n) is 4.33. The first-order valence-electron chi connectivity index (χ1n) is 5.43. The summed E-state index contributed by atoms with van der Waals surface area (Å²) in [6, 6.07) is 0. The van der Waals surface area contributed by atoms with Crippen molar-refractivity contribution in [3.8, 4) is 0 Å². The molecule has 0 aromatic heterocycles. The number of amides is 1. The van der Waals surface area contributed by atoms with Crippen LogP contribution < -0.4 is 0 Å². The lowest BCUT2D eigenvalue weighted by Gasteiger charge is -2.11. The minimum Gasteiger partial charge on any atom is -0.339 e. The Morgan fingerprint density at radius 3 is 2.53 bits per heavy atom. The van der Waals surface area contributed by atoms with E-state index in [-0.39, 0.29) is 12.3 Å². The fourth-order valence-electron chi connectivity index (χ4n) is 1.90. The molecule has 1 aliphatic heterocycles. The number of allylic oxidation sites excluding steroid dienone is 1. The molecule has 0 N–H and O–H groups in total. The standard InChI is InChI=1S/C11H15F2NO/c12-11(13)8-9(11)4-3-5-10(15)14-6-1-2-7-14/h3,5,9H,1-2,4,6-8H2/b5-3+. The highest BCUT2D eigenvalue weighted by Crippen LogP contribution is 2.50. The molecular weight excluding hydrogens is 200 g/mol. The number of hydrogen-bond donors (Lipinski definition) is 0. The van der Waals surface area contributed by atoms with Crippen molar-refractivity contribution in [1.29, 1.82) is 0 Å². The highest BCUT2D eigenvalue weighted by atomic mass is 19.3. The largest absolute Gasteiger partial charge is 0.339 e. The third-order valence-corrected chi connectivity index (χ3v) is 3.05. The normalized spacial score (nSPS) is 28.7. The first-order valence-corrected chi connectivity index (χ1v) is 5.43. The number of carbonyl (C=O) groups excluding carboxylic acids is 1. The second-order valence-corrected chi connectivity index (χ2v) is 4.33. The smallest absolute Gasteiger partial charge is 0.251 e. The molecule has 2 rings (SSSR count). The molecule has 1 aliphatic carbocycles. The van der Waals surface area contributed by atoms with Crippen LogP contribution in [0.15, 0.2) is 12.2 Å². The van der Waals surface area contributed by atoms with Gasteiger partial charge in [-0.25, -0.2) is 8.78 Å². The van der Waals surface area contributed by atoms with Crippen molar-refractivity contribution < 1.29 is 13.6 Å². The van der Waals surface area contributed by atoms with Gasteiger partial charge in [-0.05, 0) is 25.3 Å². The lowest BCUT2D eigenvalue weighted by atomic mass is 10.2. The van der Waals surface area contributed by atoms with Gasteiger partial charge in [0.1, 0.15) is 0 Å². The highest BCUT2D eigenvalue weighted by Gasteiger charge is 2.55. The van der Waals surface area contributed by atoms with E-state index in [1.54, 1.807) is 11.0 Å². The van der Waals surface area contributed by atoms with Crippen molar-refractivity contribution in [1.82, 2.24) is 4.90 Å². The summed E-state index contributed by atoms with van der Waals surface area (Å²) in [5.74, 6) is -3.03. The molecule has 2 fully saturated rings. The number of nitrogens with zero attached hydrogens (tertiary/aromatic N) is 1. The first kappa shape index (κ1) is 10.6. The molecule has 0 aromatic carbocycles. The van der Waals surface area contributed by atoms with E-state index in [4.69, 9.17) is 0 Å². The van der Waals surface area contributed by atoms with Gasteiger partial charge in [0.25, 0.3) is 5.92 Å². The van der Waals surface area contributed by atoms with E-state index in [9.17, 15) is 13.6 Å². The molecule has 1 atom stereocenters. The summed E-state index contributed by atoms with van der Waals surface area (Å²) in [4.78, 5) is 13.2. The fourth-order valence-corrected chi connectivity index (χ4v) is 1.90. The van der Waals surface area contributed by atoms with Crippen LogP contribution in [0.1, 0.15) is 25.7 Å². The van der Waals surface area contributed by atoms with Gasteiger partial charge < -0.3 is 4.90 Å². The molecule has 4 heteroatoms. The topological polar surface area (TPSA) is 20.3 Å². The van der Waals surface area contributed by atoms with Crippen LogP contribution in [0, 0.1) is 5.92 Å². The molecule has 1 heterocycles. The Kier molecular flexibility index (Phi) is 2.76. The minimum atomic E-state index is -2.47. The average molecular weight is 215 g/mol. The fraction of sp³-hybridized carbons (Fsp3) is 0.727. The monoisotopic (exact) mass is 215 g/mol. The molecule has 1 amide bonds. The van der Waals surface area contributed by atoms with Crippen molar-refractivity contribution in [2.45, 2.75) is 31.6 Å². The van der Waals surface area contributed by atoms with Gasteiger partial charge in [-0.2, -0.15) is 0 Å². The zero-order chi connectivity index (χ0) is 10.9. The molecule has 1 saturated heterocycles. The SMILES string of the molecule is O=C(/C=C/CC1CC1(F)F)N1CCCC1. The molecule has 0 aromatic rings. The average Bonchev–Trinajstić information content (AvgIpc) is 2.68. The van der Waals surface area contributed by atoms with Crippen LogP contribution in [-0.2, 0) is 4.79 Å². The zero-order valence-corrected chi connectivity index (χ0v) is 8.59. The summed E-state index contributed by atoms with van der Waals surface area (Å²) in [6.07, 6.45) is 5.45. The zero-order valence-electron chi connectivity index (χ0n) is 8.59. The number of rotatable bonds is 3. The molecule has 1 saturated carbocycles. The van der Waals surface area contributed by atoms with Crippen LogP contribution in [-0.4, -0.2) is 29.8 Å². The van der Waals surface area contributed by atoms with E-state index < -0.39 is 11.8 Å². The van der Waals surface area contributed by atoms with Crippen LogP contribution in [0.25, 0.3) is 0 Å². The van der Waals surface area contributed by atoms with Crippen molar-refractivity contribution >= 4 is 5.91 Å². The van der Waals surface area contributed by atoms with Crippen molar-refractivity contribution in [2.24, 2.45) is 5.92 Å². The Morgan fingerprint density at radius 1 is 1.40 bits per heavy atom. The molecule has 1 unspecified atom stereocenters. The Bertz CT molecular complexity index is 282. The highest BCUT2D eigenvalue weighted by molar-refractivity contribution is 5.87. The number of hydrogen-bond acceptors (Lipinski definition) is 1. The van der Waals surface area contributed by atoms with E-state index in [2.05, 4.69) is 0 Å². The minimum absolute atomic E-state index is 0.0186. The van der Waals surface area contributed by atoms with E-state index >= 15 is 0 Å². The lowest BCUT2D eigenvalue weighted by Crippen LogP contribution is -2.25.